The van der Waals surface area contributed by atoms with Gasteiger partial charge in [-0.2, -0.15) is 0 Å². The molecule has 0 aromatic carbocycles. The van der Waals surface area contributed by atoms with Gasteiger partial charge in [-0.1, -0.05) is 0 Å². The van der Waals surface area contributed by atoms with Crippen LogP contribution in [0.1, 0.15) is 22.5 Å². The van der Waals surface area contributed by atoms with Gasteiger partial charge >= 0.3 is 0 Å². The van der Waals surface area contributed by atoms with E-state index >= 15 is 0 Å². The van der Waals surface area contributed by atoms with E-state index in [1.807, 2.05) is 0 Å². The molecule has 1 rings (SSSR count). The molecule has 1 heterocycles. The number of hydrogen-bond acceptors (Lipinski definition) is 3. The van der Waals surface area contributed by atoms with Crippen molar-refractivity contribution < 1.29 is 18.3 Å². The van der Waals surface area contributed by atoms with E-state index in [2.05, 4.69) is 4.98 Å². The predicted octanol–water partition coefficient (Wildman–Crippen LogP) is 2.44. The Hall–Kier alpha value is -0.790. The Bertz CT molecular complexity index is 357. The van der Waals surface area contributed by atoms with Gasteiger partial charge in [-0.05, 0) is 22.6 Å². The van der Waals surface area contributed by atoms with Gasteiger partial charge in [0.15, 0.2) is 6.29 Å². The zero-order chi connectivity index (χ0) is 10.7. The second-order valence-electron chi connectivity index (χ2n) is 2.37. The zero-order valence-corrected chi connectivity index (χ0v) is 9.29. The van der Waals surface area contributed by atoms with E-state index in [1.165, 1.54) is 13.2 Å². The van der Waals surface area contributed by atoms with Gasteiger partial charge in [0.25, 0.3) is 6.43 Å². The van der Waals surface area contributed by atoms with Gasteiger partial charge < -0.3 is 4.74 Å². The average Bonchev–Trinajstić information content (AvgIpc) is 2.17. The van der Waals surface area contributed by atoms with E-state index in [0.717, 1.165) is 0 Å². The molecule has 0 aliphatic carbocycles. The van der Waals surface area contributed by atoms with Crippen LogP contribution in [0.25, 0.3) is 0 Å². The van der Waals surface area contributed by atoms with Gasteiger partial charge in [0.1, 0.15) is 5.69 Å². The van der Waals surface area contributed by atoms with Crippen molar-refractivity contribution in [3.05, 3.63) is 20.9 Å². The number of hydrogen-bond donors (Lipinski definition) is 0. The molecule has 0 bridgehead atoms. The highest BCUT2D eigenvalue weighted by Gasteiger charge is 2.18. The Morgan fingerprint density at radius 1 is 1.64 bits per heavy atom. The molecule has 0 saturated carbocycles. The summed E-state index contributed by atoms with van der Waals surface area (Å²) in [6.07, 6.45) is -2.21. The van der Waals surface area contributed by atoms with Crippen molar-refractivity contribution in [1.29, 1.82) is 0 Å². The quantitative estimate of drug-likeness (QED) is 0.635. The lowest BCUT2D eigenvalue weighted by Crippen LogP contribution is -2.01. The fourth-order valence-corrected chi connectivity index (χ4v) is 1.52. The number of nitrogens with zero attached hydrogens (tertiary/aromatic N) is 1. The maximum Gasteiger partial charge on any atom is 0.281 e. The van der Waals surface area contributed by atoms with Crippen LogP contribution < -0.4 is 4.74 Å². The molecule has 0 fully saturated rings. The number of halogens is 3. The standard InChI is InChI=1S/C8H6F2INO2/c1-14-5-2-4(3-13)6(11)7(12-5)8(9)10/h2-3,8H,1H3. The van der Waals surface area contributed by atoms with Crippen LogP contribution in [-0.4, -0.2) is 18.4 Å². The van der Waals surface area contributed by atoms with Crippen LogP contribution >= 0.6 is 22.6 Å². The summed E-state index contributed by atoms with van der Waals surface area (Å²) in [5.74, 6) is 0.0165. The molecule has 0 N–H and O–H groups in total. The van der Waals surface area contributed by atoms with Gasteiger partial charge in [-0.25, -0.2) is 13.8 Å². The van der Waals surface area contributed by atoms with Gasteiger partial charge in [0.05, 0.1) is 10.7 Å². The summed E-state index contributed by atoms with van der Waals surface area (Å²) in [6.45, 7) is 0. The zero-order valence-electron chi connectivity index (χ0n) is 7.13. The Balaban J connectivity index is 3.34. The summed E-state index contributed by atoms with van der Waals surface area (Å²) < 4.78 is 29.7. The highest BCUT2D eigenvalue weighted by molar-refractivity contribution is 14.1. The second-order valence-corrected chi connectivity index (χ2v) is 3.45. The summed E-state index contributed by atoms with van der Waals surface area (Å²) in [7, 11) is 1.30. The lowest BCUT2D eigenvalue weighted by atomic mass is 10.2. The molecule has 0 aliphatic heterocycles. The van der Waals surface area contributed by atoms with Crippen molar-refractivity contribution in [2.24, 2.45) is 0 Å². The average molecular weight is 313 g/mol. The van der Waals surface area contributed by atoms with Crippen molar-refractivity contribution in [3.8, 4) is 5.88 Å². The first-order chi connectivity index (χ1) is 6.60. The lowest BCUT2D eigenvalue weighted by molar-refractivity contribution is 0.112. The number of rotatable bonds is 3. The molecule has 0 atom stereocenters. The van der Waals surface area contributed by atoms with Crippen molar-refractivity contribution in [3.63, 3.8) is 0 Å². The smallest absolute Gasteiger partial charge is 0.281 e. The minimum absolute atomic E-state index is 0.0165. The van der Waals surface area contributed by atoms with Crippen molar-refractivity contribution in [2.75, 3.05) is 7.11 Å². The first-order valence-corrected chi connectivity index (χ1v) is 4.65. The van der Waals surface area contributed by atoms with Crippen LogP contribution in [-0.2, 0) is 0 Å². The summed E-state index contributed by atoms with van der Waals surface area (Å²) >= 11 is 1.66. The third-order valence-electron chi connectivity index (χ3n) is 1.53. The predicted molar refractivity (Wildman–Crippen MR) is 53.9 cm³/mol. The van der Waals surface area contributed by atoms with Crippen LogP contribution in [0.5, 0.6) is 5.88 Å². The number of carbonyl (C=O) groups is 1. The third kappa shape index (κ3) is 2.17. The lowest BCUT2D eigenvalue weighted by Gasteiger charge is -2.07. The Morgan fingerprint density at radius 2 is 2.29 bits per heavy atom. The molecule has 6 heteroatoms. The van der Waals surface area contributed by atoms with Gasteiger partial charge in [0, 0.05) is 11.6 Å². The molecule has 0 saturated heterocycles. The largest absolute Gasteiger partial charge is 0.481 e. The summed E-state index contributed by atoms with van der Waals surface area (Å²) in [5.41, 5.74) is -0.264. The van der Waals surface area contributed by atoms with Crippen LogP contribution in [0, 0.1) is 3.57 Å². The van der Waals surface area contributed by atoms with Gasteiger partial charge in [-0.15, -0.1) is 0 Å². The number of methoxy groups -OCH3 is 1. The van der Waals surface area contributed by atoms with Crippen molar-refractivity contribution in [1.82, 2.24) is 4.98 Å². The molecule has 3 nitrogen and oxygen atoms in total. The van der Waals surface area contributed by atoms with Crippen molar-refractivity contribution in [2.45, 2.75) is 6.43 Å². The highest BCUT2D eigenvalue weighted by atomic mass is 127. The molecule has 0 spiro atoms. The number of carbonyl (C=O) groups excluding carboxylic acids is 1. The fraction of sp³-hybridized carbons (Fsp3) is 0.250. The Labute approximate surface area is 92.6 Å². The molecule has 1 aromatic heterocycles. The fourth-order valence-electron chi connectivity index (χ4n) is 0.879. The molecule has 0 aliphatic rings. The molecule has 14 heavy (non-hydrogen) atoms. The molecular weight excluding hydrogens is 307 g/mol. The van der Waals surface area contributed by atoms with Crippen molar-refractivity contribution >= 4 is 28.9 Å². The molecule has 0 amide bonds. The number of alkyl halides is 2. The maximum absolute atomic E-state index is 12.4. The van der Waals surface area contributed by atoms with Gasteiger partial charge in [0.2, 0.25) is 5.88 Å². The Kier molecular flexibility index (Phi) is 3.73. The number of pyridine rings is 1. The summed E-state index contributed by atoms with van der Waals surface area (Å²) in [5, 5.41) is 0. The van der Waals surface area contributed by atoms with Crippen LogP contribution in [0.4, 0.5) is 8.78 Å². The third-order valence-corrected chi connectivity index (χ3v) is 2.71. The van der Waals surface area contributed by atoms with E-state index < -0.39 is 12.1 Å². The minimum atomic E-state index is -2.71. The highest BCUT2D eigenvalue weighted by Crippen LogP contribution is 2.27. The first-order valence-electron chi connectivity index (χ1n) is 3.58. The van der Waals surface area contributed by atoms with E-state index in [-0.39, 0.29) is 15.0 Å². The molecule has 76 valence electrons. The number of ether oxygens (including phenoxy) is 1. The summed E-state index contributed by atoms with van der Waals surface area (Å²) in [4.78, 5) is 14.1. The number of aromatic nitrogens is 1. The van der Waals surface area contributed by atoms with Crippen LogP contribution in [0.2, 0.25) is 0 Å². The van der Waals surface area contributed by atoms with E-state index in [9.17, 15) is 13.6 Å². The Morgan fingerprint density at radius 3 is 2.71 bits per heavy atom. The minimum Gasteiger partial charge on any atom is -0.481 e. The number of aldehydes is 1. The second kappa shape index (κ2) is 4.63. The molecular formula is C8H6F2INO2. The van der Waals surface area contributed by atoms with E-state index in [4.69, 9.17) is 4.74 Å². The van der Waals surface area contributed by atoms with Crippen LogP contribution in [0.15, 0.2) is 6.07 Å². The van der Waals surface area contributed by atoms with Gasteiger partial charge in [-0.3, -0.25) is 4.79 Å². The first kappa shape index (κ1) is 11.3. The molecule has 1 aromatic rings. The van der Waals surface area contributed by atoms with E-state index in [1.54, 1.807) is 22.6 Å². The van der Waals surface area contributed by atoms with Crippen LogP contribution in [0.3, 0.4) is 0 Å². The topological polar surface area (TPSA) is 39.2 Å². The maximum atomic E-state index is 12.4. The SMILES string of the molecule is COc1cc(C=O)c(I)c(C(F)F)n1. The van der Waals surface area contributed by atoms with E-state index in [0.29, 0.717) is 6.29 Å². The summed E-state index contributed by atoms with van der Waals surface area (Å²) in [6, 6.07) is 1.32. The molecule has 0 unspecified atom stereocenters. The monoisotopic (exact) mass is 313 g/mol. The normalized spacial score (nSPS) is 10.4. The molecule has 0 radical (unpaired) electrons.